The predicted octanol–water partition coefficient (Wildman–Crippen LogP) is 5.54. The molecule has 4 rings (SSSR count). The summed E-state index contributed by atoms with van der Waals surface area (Å²) in [6.45, 7) is 4.72. The summed E-state index contributed by atoms with van der Waals surface area (Å²) >= 11 is 11.6. The fourth-order valence-corrected chi connectivity index (χ4v) is 4.38. The molecule has 0 aliphatic carbocycles. The third-order valence-corrected chi connectivity index (χ3v) is 6.24. The van der Waals surface area contributed by atoms with Gasteiger partial charge in [0.2, 0.25) is 0 Å². The van der Waals surface area contributed by atoms with E-state index in [1.165, 1.54) is 13.0 Å². The molecule has 3 heterocycles. The van der Waals surface area contributed by atoms with Crippen LogP contribution in [0.2, 0.25) is 5.02 Å². The lowest BCUT2D eigenvalue weighted by Gasteiger charge is -2.28. The Hall–Kier alpha value is -2.72. The number of halogens is 4. The summed E-state index contributed by atoms with van der Waals surface area (Å²) in [4.78, 5) is 5.68. The van der Waals surface area contributed by atoms with Gasteiger partial charge in [0.1, 0.15) is 11.5 Å². The molecular weight excluding hydrogens is 473 g/mol. The highest BCUT2D eigenvalue weighted by molar-refractivity contribution is 7.80. The molecule has 0 amide bonds. The Kier molecular flexibility index (Phi) is 6.58. The van der Waals surface area contributed by atoms with Crippen molar-refractivity contribution in [3.63, 3.8) is 0 Å². The summed E-state index contributed by atoms with van der Waals surface area (Å²) in [5.41, 5.74) is 0.809. The molecule has 0 bridgehead atoms. The highest BCUT2D eigenvalue weighted by Crippen LogP contribution is 2.33. The van der Waals surface area contributed by atoms with E-state index in [-0.39, 0.29) is 11.7 Å². The van der Waals surface area contributed by atoms with E-state index >= 15 is 0 Å². The predicted molar refractivity (Wildman–Crippen MR) is 124 cm³/mol. The minimum atomic E-state index is -4.49. The van der Waals surface area contributed by atoms with Crippen LogP contribution in [0.4, 0.5) is 18.9 Å². The lowest BCUT2D eigenvalue weighted by atomic mass is 10.2. The Morgan fingerprint density at radius 2 is 1.88 bits per heavy atom. The maximum atomic E-state index is 12.9. The van der Waals surface area contributed by atoms with Gasteiger partial charge in [-0.1, -0.05) is 23.7 Å². The molecule has 2 aromatic heterocycles. The maximum absolute atomic E-state index is 12.9. The van der Waals surface area contributed by atoms with Crippen molar-refractivity contribution in [2.24, 2.45) is 0 Å². The number of hydrogen-bond donors (Lipinski definition) is 1. The molecule has 0 spiro atoms. The third kappa shape index (κ3) is 5.11. The van der Waals surface area contributed by atoms with Gasteiger partial charge in [-0.3, -0.25) is 0 Å². The van der Waals surface area contributed by atoms with Crippen LogP contribution in [0.5, 0.6) is 0 Å². The van der Waals surface area contributed by atoms with E-state index in [1.54, 1.807) is 0 Å². The van der Waals surface area contributed by atoms with Crippen molar-refractivity contribution in [1.82, 2.24) is 24.6 Å². The summed E-state index contributed by atoms with van der Waals surface area (Å²) in [7, 11) is 0. The summed E-state index contributed by atoms with van der Waals surface area (Å²) in [6, 6.07) is 9.83. The molecule has 1 atom stereocenters. The third-order valence-electron chi connectivity index (χ3n) is 5.65. The Labute approximate surface area is 199 Å². The summed E-state index contributed by atoms with van der Waals surface area (Å²) in [5, 5.41) is 12.9. The SMILES string of the molecule is Cc1nc(C(F)(F)F)ccc1NC(=S)N1CCCC1c1nnc(C)n1Cc1ccc(Cl)cc1. The van der Waals surface area contributed by atoms with Crippen molar-refractivity contribution in [2.45, 2.75) is 45.5 Å². The summed E-state index contributed by atoms with van der Waals surface area (Å²) < 4.78 is 40.8. The molecule has 6 nitrogen and oxygen atoms in total. The summed E-state index contributed by atoms with van der Waals surface area (Å²) in [5.74, 6) is 1.58. The number of hydrogen-bond acceptors (Lipinski definition) is 4. The molecule has 174 valence electrons. The van der Waals surface area contributed by atoms with Crippen molar-refractivity contribution >= 4 is 34.6 Å². The van der Waals surface area contributed by atoms with Gasteiger partial charge in [-0.25, -0.2) is 4.98 Å². The topological polar surface area (TPSA) is 58.9 Å². The number of pyridine rings is 1. The fourth-order valence-electron chi connectivity index (χ4n) is 3.93. The molecule has 11 heteroatoms. The molecule has 0 saturated carbocycles. The van der Waals surface area contributed by atoms with Gasteiger partial charge in [-0.2, -0.15) is 13.2 Å². The average Bonchev–Trinajstić information content (AvgIpc) is 3.37. The molecule has 1 aromatic carbocycles. The average molecular weight is 495 g/mol. The number of benzene rings is 1. The van der Waals surface area contributed by atoms with Crippen LogP contribution in [-0.2, 0) is 12.7 Å². The van der Waals surface area contributed by atoms with Gasteiger partial charge in [0.15, 0.2) is 10.9 Å². The Morgan fingerprint density at radius 3 is 2.55 bits per heavy atom. The van der Waals surface area contributed by atoms with Gasteiger partial charge in [-0.15, -0.1) is 10.2 Å². The van der Waals surface area contributed by atoms with Crippen LogP contribution in [0.1, 0.15) is 47.5 Å². The molecule has 1 saturated heterocycles. The largest absolute Gasteiger partial charge is 0.433 e. The highest BCUT2D eigenvalue weighted by atomic mass is 35.5. The van der Waals surface area contributed by atoms with Gasteiger partial charge < -0.3 is 14.8 Å². The van der Waals surface area contributed by atoms with E-state index < -0.39 is 11.9 Å². The second-order valence-electron chi connectivity index (χ2n) is 7.93. The van der Waals surface area contributed by atoms with Crippen LogP contribution >= 0.6 is 23.8 Å². The van der Waals surface area contributed by atoms with E-state index in [0.29, 0.717) is 28.9 Å². The van der Waals surface area contributed by atoms with Crippen LogP contribution < -0.4 is 5.32 Å². The van der Waals surface area contributed by atoms with Crippen molar-refractivity contribution in [2.75, 3.05) is 11.9 Å². The molecule has 1 aliphatic rings. The van der Waals surface area contributed by atoms with E-state index in [4.69, 9.17) is 23.8 Å². The number of rotatable bonds is 4. The first-order valence-corrected chi connectivity index (χ1v) is 11.2. The fraction of sp³-hybridized carbons (Fsp3) is 0.364. The first-order chi connectivity index (χ1) is 15.6. The number of aryl methyl sites for hydroxylation is 2. The molecule has 1 unspecified atom stereocenters. The Balaban J connectivity index is 1.54. The molecule has 3 aromatic rings. The van der Waals surface area contributed by atoms with Crippen molar-refractivity contribution < 1.29 is 13.2 Å². The molecule has 0 radical (unpaired) electrons. The molecule has 1 fully saturated rings. The van der Waals surface area contributed by atoms with E-state index in [2.05, 4.69) is 25.1 Å². The zero-order valence-corrected chi connectivity index (χ0v) is 19.6. The van der Waals surface area contributed by atoms with Crippen molar-refractivity contribution in [3.05, 3.63) is 70.0 Å². The molecule has 1 aliphatic heterocycles. The number of nitrogens with one attached hydrogen (secondary N) is 1. The first kappa shape index (κ1) is 23.4. The zero-order chi connectivity index (χ0) is 23.8. The first-order valence-electron chi connectivity index (χ1n) is 10.4. The lowest BCUT2D eigenvalue weighted by molar-refractivity contribution is -0.141. The van der Waals surface area contributed by atoms with Crippen LogP contribution in [0.15, 0.2) is 36.4 Å². The quantitative estimate of drug-likeness (QED) is 0.480. The lowest BCUT2D eigenvalue weighted by Crippen LogP contribution is -2.35. The van der Waals surface area contributed by atoms with Crippen LogP contribution in [-0.4, -0.2) is 36.3 Å². The van der Waals surface area contributed by atoms with Gasteiger partial charge in [0.25, 0.3) is 0 Å². The minimum absolute atomic E-state index is 0.0961. The number of alkyl halides is 3. The zero-order valence-electron chi connectivity index (χ0n) is 18.0. The van der Waals surface area contributed by atoms with E-state index in [9.17, 15) is 13.2 Å². The smallest absolute Gasteiger partial charge is 0.339 e. The molecular formula is C22H22ClF3N6S. The number of thiocarbonyl (C=S) groups is 1. The molecule has 33 heavy (non-hydrogen) atoms. The van der Waals surface area contributed by atoms with E-state index in [0.717, 1.165) is 36.1 Å². The maximum Gasteiger partial charge on any atom is 0.433 e. The van der Waals surface area contributed by atoms with Crippen LogP contribution in [0.3, 0.4) is 0 Å². The van der Waals surface area contributed by atoms with Crippen molar-refractivity contribution in [3.8, 4) is 0 Å². The Bertz CT molecular complexity index is 1160. The van der Waals surface area contributed by atoms with E-state index in [1.807, 2.05) is 36.1 Å². The monoisotopic (exact) mass is 494 g/mol. The number of likely N-dealkylation sites (tertiary alicyclic amines) is 1. The van der Waals surface area contributed by atoms with Gasteiger partial charge >= 0.3 is 6.18 Å². The van der Waals surface area contributed by atoms with Gasteiger partial charge in [0, 0.05) is 11.6 Å². The van der Waals surface area contributed by atoms with Gasteiger partial charge in [0.05, 0.1) is 24.0 Å². The normalized spacial score (nSPS) is 16.3. The second-order valence-corrected chi connectivity index (χ2v) is 8.75. The number of nitrogens with zero attached hydrogens (tertiary/aromatic N) is 5. The Morgan fingerprint density at radius 1 is 1.15 bits per heavy atom. The number of anilines is 1. The number of aromatic nitrogens is 4. The minimum Gasteiger partial charge on any atom is -0.339 e. The van der Waals surface area contributed by atoms with Crippen LogP contribution in [0.25, 0.3) is 0 Å². The van der Waals surface area contributed by atoms with Crippen LogP contribution in [0, 0.1) is 13.8 Å². The molecule has 1 N–H and O–H groups in total. The highest BCUT2D eigenvalue weighted by Gasteiger charge is 2.34. The standard InChI is InChI=1S/C22H22ClF3N6S/c1-13-17(9-10-19(27-13)22(24,25)26)28-21(33)31-11-3-4-18(31)20-30-29-14(2)32(20)12-15-5-7-16(23)8-6-15/h5-10,18H,3-4,11-12H2,1-2H3,(H,28,33). The second kappa shape index (κ2) is 9.26. The summed E-state index contributed by atoms with van der Waals surface area (Å²) in [6.07, 6.45) is -2.75. The van der Waals surface area contributed by atoms with Gasteiger partial charge in [-0.05, 0) is 68.7 Å². The van der Waals surface area contributed by atoms with Crippen molar-refractivity contribution in [1.29, 1.82) is 0 Å².